The van der Waals surface area contributed by atoms with Gasteiger partial charge in [0.2, 0.25) is 5.91 Å². The number of carbonyl (C=O) groups excluding carboxylic acids is 1. The molecule has 2 rings (SSSR count). The maximum absolute atomic E-state index is 11.6. The smallest absolute Gasteiger partial charge is 0.250 e. The van der Waals surface area contributed by atoms with E-state index in [1.54, 1.807) is 0 Å². The molecule has 0 aromatic carbocycles. The second kappa shape index (κ2) is 4.53. The number of amides is 1. The van der Waals surface area contributed by atoms with Gasteiger partial charge >= 0.3 is 0 Å². The van der Waals surface area contributed by atoms with Crippen molar-refractivity contribution in [1.29, 1.82) is 0 Å². The third-order valence-corrected chi connectivity index (χ3v) is 3.54. The Morgan fingerprint density at radius 3 is 2.93 bits per heavy atom. The second-order valence-electron chi connectivity index (χ2n) is 4.13. The van der Waals surface area contributed by atoms with Gasteiger partial charge in [-0.15, -0.1) is 0 Å². The minimum atomic E-state index is -0.226. The van der Waals surface area contributed by atoms with Crippen molar-refractivity contribution in [2.45, 2.75) is 26.0 Å². The number of rotatable bonds is 2. The molecule has 4 nitrogen and oxygen atoms in total. The first-order valence-electron chi connectivity index (χ1n) is 5.26. The van der Waals surface area contributed by atoms with Crippen molar-refractivity contribution in [3.05, 3.63) is 0 Å². The first-order chi connectivity index (χ1) is 7.18. The summed E-state index contributed by atoms with van der Waals surface area (Å²) in [7, 11) is 0. The maximum atomic E-state index is 11.6. The first-order valence-corrected chi connectivity index (χ1v) is 6.42. The van der Waals surface area contributed by atoms with Crippen molar-refractivity contribution in [2.24, 2.45) is 10.9 Å². The summed E-state index contributed by atoms with van der Waals surface area (Å²) in [5, 5.41) is 2.83. The van der Waals surface area contributed by atoms with Crippen LogP contribution in [0.2, 0.25) is 0 Å². The summed E-state index contributed by atoms with van der Waals surface area (Å²) in [5.74, 6) is 2.92. The number of aliphatic imine (C=N–C) groups is 1. The normalized spacial score (nSPS) is 31.7. The molecule has 0 radical (unpaired) electrons. The predicted molar refractivity (Wildman–Crippen MR) is 61.3 cm³/mol. The van der Waals surface area contributed by atoms with Crippen molar-refractivity contribution in [3.63, 3.8) is 0 Å². The van der Waals surface area contributed by atoms with Gasteiger partial charge in [-0.25, -0.2) is 0 Å². The van der Waals surface area contributed by atoms with Crippen LogP contribution in [0, 0.1) is 5.92 Å². The van der Waals surface area contributed by atoms with E-state index in [0.29, 0.717) is 0 Å². The second-order valence-corrected chi connectivity index (χ2v) is 5.28. The van der Waals surface area contributed by atoms with Crippen molar-refractivity contribution < 1.29 is 9.53 Å². The summed E-state index contributed by atoms with van der Waals surface area (Å²) in [5.41, 5.74) is 0. The number of thioether (sulfide) groups is 1. The topological polar surface area (TPSA) is 50.7 Å². The first kappa shape index (κ1) is 11.0. The molecule has 0 aromatic rings. The zero-order valence-corrected chi connectivity index (χ0v) is 9.84. The van der Waals surface area contributed by atoms with Crippen LogP contribution in [0.4, 0.5) is 0 Å². The van der Waals surface area contributed by atoms with Crippen LogP contribution in [0.5, 0.6) is 0 Å². The highest BCUT2D eigenvalue weighted by Gasteiger charge is 2.33. The Kier molecular flexibility index (Phi) is 3.31. The van der Waals surface area contributed by atoms with Gasteiger partial charge in [0.15, 0.2) is 0 Å². The van der Waals surface area contributed by atoms with Gasteiger partial charge < -0.3 is 10.1 Å². The summed E-state index contributed by atoms with van der Waals surface area (Å²) in [6.45, 7) is 4.76. The van der Waals surface area contributed by atoms with Crippen molar-refractivity contribution >= 4 is 23.5 Å². The molecule has 0 aliphatic carbocycles. The standard InChI is InChI=1S/C10H16N2O2S/c1-6(2)8-10(13)12-9(11-8)7-5-15-4-3-14-7/h6-8H,3-5H2,1-2H3,(H,11,12,13). The van der Waals surface area contributed by atoms with E-state index in [0.717, 1.165) is 23.9 Å². The monoisotopic (exact) mass is 228 g/mol. The van der Waals surface area contributed by atoms with E-state index in [9.17, 15) is 4.79 Å². The summed E-state index contributed by atoms with van der Waals surface area (Å²) in [6, 6.07) is -0.226. The zero-order chi connectivity index (χ0) is 10.8. The molecular formula is C10H16N2O2S. The average Bonchev–Trinajstić information content (AvgIpc) is 2.62. The quantitative estimate of drug-likeness (QED) is 0.756. The fourth-order valence-electron chi connectivity index (χ4n) is 1.70. The molecule has 0 saturated carbocycles. The SMILES string of the molecule is CC(C)C1N=C(C2CSCCO2)NC1=O. The van der Waals surface area contributed by atoms with Crippen LogP contribution in [-0.4, -0.2) is 42.0 Å². The number of hydrogen-bond donors (Lipinski definition) is 1. The minimum Gasteiger partial charge on any atom is -0.369 e. The molecule has 5 heteroatoms. The van der Waals surface area contributed by atoms with Crippen LogP contribution in [-0.2, 0) is 9.53 Å². The molecule has 15 heavy (non-hydrogen) atoms. The van der Waals surface area contributed by atoms with E-state index in [-0.39, 0.29) is 24.0 Å². The van der Waals surface area contributed by atoms with Gasteiger partial charge in [-0.3, -0.25) is 9.79 Å². The highest BCUT2D eigenvalue weighted by atomic mass is 32.2. The van der Waals surface area contributed by atoms with E-state index in [4.69, 9.17) is 4.74 Å². The summed E-state index contributed by atoms with van der Waals surface area (Å²) >= 11 is 1.84. The lowest BCUT2D eigenvalue weighted by atomic mass is 10.1. The van der Waals surface area contributed by atoms with Gasteiger partial charge in [0.05, 0.1) is 6.61 Å². The van der Waals surface area contributed by atoms with Crippen LogP contribution >= 0.6 is 11.8 Å². The van der Waals surface area contributed by atoms with E-state index >= 15 is 0 Å². The third-order valence-electron chi connectivity index (χ3n) is 2.55. The lowest BCUT2D eigenvalue weighted by Crippen LogP contribution is -2.40. The van der Waals surface area contributed by atoms with Crippen LogP contribution in [0.25, 0.3) is 0 Å². The van der Waals surface area contributed by atoms with Crippen LogP contribution in [0.3, 0.4) is 0 Å². The fraction of sp³-hybridized carbons (Fsp3) is 0.800. The van der Waals surface area contributed by atoms with Gasteiger partial charge in [-0.05, 0) is 5.92 Å². The Hall–Kier alpha value is -0.550. The van der Waals surface area contributed by atoms with Crippen molar-refractivity contribution in [3.8, 4) is 0 Å². The Bertz CT molecular complexity index is 285. The predicted octanol–water partition coefficient (Wildman–Crippen LogP) is 0.671. The molecule has 2 aliphatic rings. The van der Waals surface area contributed by atoms with E-state index < -0.39 is 0 Å². The number of nitrogens with zero attached hydrogens (tertiary/aromatic N) is 1. The molecule has 2 unspecified atom stereocenters. The van der Waals surface area contributed by atoms with Crippen LogP contribution < -0.4 is 5.32 Å². The van der Waals surface area contributed by atoms with Gasteiger partial charge in [0, 0.05) is 11.5 Å². The molecule has 1 fully saturated rings. The Morgan fingerprint density at radius 1 is 1.60 bits per heavy atom. The highest BCUT2D eigenvalue weighted by molar-refractivity contribution is 7.99. The lowest BCUT2D eigenvalue weighted by Gasteiger charge is -2.21. The van der Waals surface area contributed by atoms with Gasteiger partial charge in [0.1, 0.15) is 18.0 Å². The number of hydrogen-bond acceptors (Lipinski definition) is 4. The largest absolute Gasteiger partial charge is 0.369 e. The molecule has 1 N–H and O–H groups in total. The molecule has 2 aliphatic heterocycles. The molecule has 0 spiro atoms. The van der Waals surface area contributed by atoms with Crippen molar-refractivity contribution in [2.75, 3.05) is 18.1 Å². The molecule has 2 atom stereocenters. The van der Waals surface area contributed by atoms with Crippen LogP contribution in [0.1, 0.15) is 13.8 Å². The molecule has 84 valence electrons. The highest BCUT2D eigenvalue weighted by Crippen LogP contribution is 2.18. The number of ether oxygens (including phenoxy) is 1. The molecular weight excluding hydrogens is 212 g/mol. The third kappa shape index (κ3) is 2.34. The minimum absolute atomic E-state index is 0.0131. The number of amidine groups is 1. The van der Waals surface area contributed by atoms with E-state index in [2.05, 4.69) is 10.3 Å². The Balaban J connectivity index is 2.04. The van der Waals surface area contributed by atoms with Crippen molar-refractivity contribution in [1.82, 2.24) is 5.32 Å². The molecule has 2 heterocycles. The van der Waals surface area contributed by atoms with Gasteiger partial charge in [-0.1, -0.05) is 13.8 Å². The summed E-state index contributed by atoms with van der Waals surface area (Å²) in [6.07, 6.45) is -0.0172. The van der Waals surface area contributed by atoms with Gasteiger partial charge in [-0.2, -0.15) is 11.8 Å². The summed E-state index contributed by atoms with van der Waals surface area (Å²) < 4.78 is 5.57. The zero-order valence-electron chi connectivity index (χ0n) is 9.03. The fourth-order valence-corrected chi connectivity index (χ4v) is 2.55. The Labute approximate surface area is 93.9 Å². The number of nitrogens with one attached hydrogen (secondary N) is 1. The van der Waals surface area contributed by atoms with Gasteiger partial charge in [0.25, 0.3) is 0 Å². The summed E-state index contributed by atoms with van der Waals surface area (Å²) in [4.78, 5) is 16.0. The van der Waals surface area contributed by atoms with E-state index in [1.807, 2.05) is 25.6 Å². The lowest BCUT2D eigenvalue weighted by molar-refractivity contribution is -0.120. The number of carbonyl (C=O) groups is 1. The molecule has 0 bridgehead atoms. The Morgan fingerprint density at radius 2 is 2.40 bits per heavy atom. The molecule has 0 aromatic heterocycles. The van der Waals surface area contributed by atoms with Crippen LogP contribution in [0.15, 0.2) is 4.99 Å². The van der Waals surface area contributed by atoms with E-state index in [1.165, 1.54) is 0 Å². The molecule has 1 saturated heterocycles. The molecule has 1 amide bonds. The average molecular weight is 228 g/mol. The maximum Gasteiger partial charge on any atom is 0.250 e.